The molecule has 0 spiro atoms. The average molecular weight is 253 g/mol. The van der Waals surface area contributed by atoms with E-state index < -0.39 is 0 Å². The van der Waals surface area contributed by atoms with Crippen molar-refractivity contribution < 1.29 is 4.79 Å². The molecule has 19 heavy (non-hydrogen) atoms. The summed E-state index contributed by atoms with van der Waals surface area (Å²) in [5, 5.41) is 2.17. The fourth-order valence-electron chi connectivity index (χ4n) is 3.28. The van der Waals surface area contributed by atoms with Crippen molar-refractivity contribution in [3.8, 4) is 0 Å². The van der Waals surface area contributed by atoms with Gasteiger partial charge in [-0.05, 0) is 23.6 Å². The van der Waals surface area contributed by atoms with Gasteiger partial charge in [0.05, 0.1) is 0 Å². The van der Waals surface area contributed by atoms with Crippen LogP contribution in [-0.4, -0.2) is 12.3 Å². The van der Waals surface area contributed by atoms with Crippen LogP contribution in [-0.2, 0) is 0 Å². The first-order valence-electron chi connectivity index (χ1n) is 6.99. The topological polar surface area (TPSA) is 43.1 Å². The third-order valence-corrected chi connectivity index (χ3v) is 4.47. The first kappa shape index (κ1) is 12.4. The van der Waals surface area contributed by atoms with Crippen LogP contribution < -0.4 is 5.73 Å². The van der Waals surface area contributed by atoms with E-state index >= 15 is 0 Å². The molecule has 0 bridgehead atoms. The maximum Gasteiger partial charge on any atom is 0.170 e. The van der Waals surface area contributed by atoms with Gasteiger partial charge in [-0.25, -0.2) is 0 Å². The molecule has 98 valence electrons. The number of carbonyl (C=O) groups excluding carboxylic acids is 1. The predicted molar refractivity (Wildman–Crippen MR) is 78.2 cm³/mol. The number of benzene rings is 2. The highest BCUT2D eigenvalue weighted by atomic mass is 16.1. The van der Waals surface area contributed by atoms with E-state index in [9.17, 15) is 4.79 Å². The van der Waals surface area contributed by atoms with E-state index in [4.69, 9.17) is 5.73 Å². The van der Waals surface area contributed by atoms with Gasteiger partial charge in [-0.2, -0.15) is 0 Å². The van der Waals surface area contributed by atoms with Crippen molar-refractivity contribution in [2.75, 3.05) is 6.54 Å². The van der Waals surface area contributed by atoms with Gasteiger partial charge in [0.1, 0.15) is 0 Å². The molecule has 0 heterocycles. The summed E-state index contributed by atoms with van der Waals surface area (Å²) in [5.74, 6) is 0.240. The standard InChI is InChI=1S/C17H19NO/c18-12-17(10-3-4-11-17)16(19)15-9-5-7-13-6-1-2-8-14(13)15/h1-2,5-9H,3-4,10-12,18H2. The van der Waals surface area contributed by atoms with Gasteiger partial charge in [-0.3, -0.25) is 4.79 Å². The molecule has 3 rings (SSSR count). The van der Waals surface area contributed by atoms with Crippen molar-refractivity contribution >= 4 is 16.6 Å². The molecule has 0 atom stereocenters. The molecule has 2 N–H and O–H groups in total. The second-order valence-electron chi connectivity index (χ2n) is 5.55. The van der Waals surface area contributed by atoms with Gasteiger partial charge < -0.3 is 5.73 Å². The minimum Gasteiger partial charge on any atom is -0.329 e. The van der Waals surface area contributed by atoms with E-state index in [1.807, 2.05) is 30.3 Å². The number of Topliss-reactive ketones (excluding diaryl/α,β-unsaturated/α-hetero) is 1. The Hall–Kier alpha value is -1.67. The van der Waals surface area contributed by atoms with Gasteiger partial charge in [0.25, 0.3) is 0 Å². The number of hydrogen-bond donors (Lipinski definition) is 1. The van der Waals surface area contributed by atoms with Gasteiger partial charge in [0, 0.05) is 17.5 Å². The fraction of sp³-hybridized carbons (Fsp3) is 0.353. The average Bonchev–Trinajstić information content (AvgIpc) is 2.96. The summed E-state index contributed by atoms with van der Waals surface area (Å²) >= 11 is 0. The van der Waals surface area contributed by atoms with Crippen molar-refractivity contribution in [2.24, 2.45) is 11.1 Å². The van der Waals surface area contributed by atoms with Crippen LogP contribution in [0.2, 0.25) is 0 Å². The monoisotopic (exact) mass is 253 g/mol. The quantitative estimate of drug-likeness (QED) is 0.850. The normalized spacial score (nSPS) is 17.7. The smallest absolute Gasteiger partial charge is 0.170 e. The third-order valence-electron chi connectivity index (χ3n) is 4.47. The molecule has 0 saturated heterocycles. The molecule has 0 unspecified atom stereocenters. The number of hydrogen-bond acceptors (Lipinski definition) is 2. The molecule has 0 radical (unpaired) electrons. The van der Waals surface area contributed by atoms with Gasteiger partial charge in [-0.1, -0.05) is 55.3 Å². The summed E-state index contributed by atoms with van der Waals surface area (Å²) in [6, 6.07) is 14.0. The number of ketones is 1. The summed E-state index contributed by atoms with van der Waals surface area (Å²) in [7, 11) is 0. The minimum atomic E-state index is -0.315. The summed E-state index contributed by atoms with van der Waals surface area (Å²) in [4.78, 5) is 12.9. The van der Waals surface area contributed by atoms with E-state index in [1.54, 1.807) is 0 Å². The zero-order chi connectivity index (χ0) is 13.3. The summed E-state index contributed by atoms with van der Waals surface area (Å²) < 4.78 is 0. The Morgan fingerprint density at radius 1 is 1.05 bits per heavy atom. The number of nitrogens with two attached hydrogens (primary N) is 1. The summed E-state index contributed by atoms with van der Waals surface area (Å²) in [6.45, 7) is 0.467. The summed E-state index contributed by atoms with van der Waals surface area (Å²) in [6.07, 6.45) is 4.11. The van der Waals surface area contributed by atoms with Crippen molar-refractivity contribution in [1.29, 1.82) is 0 Å². The van der Waals surface area contributed by atoms with Crippen LogP contribution in [0.25, 0.3) is 10.8 Å². The molecule has 2 aromatic rings. The van der Waals surface area contributed by atoms with Crippen molar-refractivity contribution in [1.82, 2.24) is 0 Å². The number of carbonyl (C=O) groups is 1. The SMILES string of the molecule is NCC1(C(=O)c2cccc3ccccc23)CCCC1. The third kappa shape index (κ3) is 1.96. The molecule has 2 nitrogen and oxygen atoms in total. The van der Waals surface area contributed by atoms with Crippen LogP contribution in [0.3, 0.4) is 0 Å². The highest BCUT2D eigenvalue weighted by Crippen LogP contribution is 2.41. The Kier molecular flexibility index (Phi) is 3.11. The highest BCUT2D eigenvalue weighted by molar-refractivity contribution is 6.10. The number of rotatable bonds is 3. The van der Waals surface area contributed by atoms with E-state index in [2.05, 4.69) is 12.1 Å². The Labute approximate surface area is 113 Å². The lowest BCUT2D eigenvalue weighted by Crippen LogP contribution is -2.36. The zero-order valence-corrected chi connectivity index (χ0v) is 11.1. The van der Waals surface area contributed by atoms with Gasteiger partial charge >= 0.3 is 0 Å². The first-order valence-corrected chi connectivity index (χ1v) is 6.99. The van der Waals surface area contributed by atoms with Crippen LogP contribution in [0.5, 0.6) is 0 Å². The molecule has 1 saturated carbocycles. The molecule has 2 aromatic carbocycles. The number of fused-ring (bicyclic) bond motifs is 1. The van der Waals surface area contributed by atoms with E-state index in [1.165, 1.54) is 0 Å². The molecular formula is C17H19NO. The van der Waals surface area contributed by atoms with E-state index in [-0.39, 0.29) is 11.2 Å². The molecule has 1 aliphatic rings. The van der Waals surface area contributed by atoms with E-state index in [0.717, 1.165) is 42.0 Å². The Balaban J connectivity index is 2.11. The van der Waals surface area contributed by atoms with Gasteiger partial charge in [0.15, 0.2) is 5.78 Å². The molecular weight excluding hydrogens is 234 g/mol. The van der Waals surface area contributed by atoms with Crippen LogP contribution >= 0.6 is 0 Å². The Morgan fingerprint density at radius 3 is 2.47 bits per heavy atom. The lowest BCUT2D eigenvalue weighted by Gasteiger charge is -2.26. The largest absolute Gasteiger partial charge is 0.329 e. The Morgan fingerprint density at radius 2 is 1.74 bits per heavy atom. The molecule has 0 amide bonds. The van der Waals surface area contributed by atoms with Gasteiger partial charge in [0.2, 0.25) is 0 Å². The molecule has 0 aliphatic heterocycles. The molecule has 1 aliphatic carbocycles. The predicted octanol–water partition coefficient (Wildman–Crippen LogP) is 3.54. The Bertz CT molecular complexity index is 606. The van der Waals surface area contributed by atoms with Crippen molar-refractivity contribution in [3.63, 3.8) is 0 Å². The van der Waals surface area contributed by atoms with Crippen LogP contribution in [0.15, 0.2) is 42.5 Å². The molecule has 1 fully saturated rings. The summed E-state index contributed by atoms with van der Waals surface area (Å²) in [5.41, 5.74) is 6.45. The first-order chi connectivity index (χ1) is 9.27. The maximum absolute atomic E-state index is 12.9. The van der Waals surface area contributed by atoms with Crippen LogP contribution in [0.4, 0.5) is 0 Å². The molecule has 2 heteroatoms. The van der Waals surface area contributed by atoms with Gasteiger partial charge in [-0.15, -0.1) is 0 Å². The minimum absolute atomic E-state index is 0.240. The lowest BCUT2D eigenvalue weighted by molar-refractivity contribution is 0.0812. The zero-order valence-electron chi connectivity index (χ0n) is 11.1. The molecule has 0 aromatic heterocycles. The fourth-order valence-corrected chi connectivity index (χ4v) is 3.28. The van der Waals surface area contributed by atoms with E-state index in [0.29, 0.717) is 6.54 Å². The second kappa shape index (κ2) is 4.78. The van der Waals surface area contributed by atoms with Crippen molar-refractivity contribution in [2.45, 2.75) is 25.7 Å². The van der Waals surface area contributed by atoms with Crippen LogP contribution in [0, 0.1) is 5.41 Å². The van der Waals surface area contributed by atoms with Crippen molar-refractivity contribution in [3.05, 3.63) is 48.0 Å². The second-order valence-corrected chi connectivity index (χ2v) is 5.55. The highest BCUT2D eigenvalue weighted by Gasteiger charge is 2.40. The lowest BCUT2D eigenvalue weighted by atomic mass is 9.78. The maximum atomic E-state index is 12.9. The van der Waals surface area contributed by atoms with Crippen LogP contribution in [0.1, 0.15) is 36.0 Å².